The highest BCUT2D eigenvalue weighted by Crippen LogP contribution is 2.19. The Hall–Kier alpha value is -1.32. The standard InChI is InChI=1S/C16H27NO3/c1-3-5-6-7-8-9-10-11-12-20-16(19)14-13-17(14)15(18)4-2/h4,14H,2-3,5-13H2,1H3. The lowest BCUT2D eigenvalue weighted by Gasteiger charge is -2.05. The zero-order valence-corrected chi connectivity index (χ0v) is 12.6. The molecule has 0 N–H and O–H groups in total. The van der Waals surface area contributed by atoms with E-state index in [-0.39, 0.29) is 17.9 Å². The van der Waals surface area contributed by atoms with Gasteiger partial charge < -0.3 is 9.64 Å². The van der Waals surface area contributed by atoms with E-state index in [9.17, 15) is 9.59 Å². The van der Waals surface area contributed by atoms with Gasteiger partial charge in [0.15, 0.2) is 0 Å². The summed E-state index contributed by atoms with van der Waals surface area (Å²) in [5, 5.41) is 0. The third kappa shape index (κ3) is 6.22. The molecule has 1 fully saturated rings. The molecular formula is C16H27NO3. The maximum Gasteiger partial charge on any atom is 0.330 e. The number of amides is 1. The second-order valence-corrected chi connectivity index (χ2v) is 5.35. The van der Waals surface area contributed by atoms with Crippen molar-refractivity contribution in [2.75, 3.05) is 13.2 Å². The smallest absolute Gasteiger partial charge is 0.330 e. The van der Waals surface area contributed by atoms with Crippen molar-refractivity contribution in [3.05, 3.63) is 12.7 Å². The topological polar surface area (TPSA) is 46.4 Å². The third-order valence-corrected chi connectivity index (χ3v) is 3.58. The molecular weight excluding hydrogens is 254 g/mol. The van der Waals surface area contributed by atoms with Crippen LogP contribution in [0.2, 0.25) is 0 Å². The number of nitrogens with zero attached hydrogens (tertiary/aromatic N) is 1. The number of hydrogen-bond donors (Lipinski definition) is 0. The quantitative estimate of drug-likeness (QED) is 0.253. The third-order valence-electron chi connectivity index (χ3n) is 3.58. The van der Waals surface area contributed by atoms with Gasteiger partial charge in [-0.2, -0.15) is 0 Å². The first-order valence-corrected chi connectivity index (χ1v) is 7.80. The maximum absolute atomic E-state index is 11.6. The van der Waals surface area contributed by atoms with Crippen LogP contribution in [0.3, 0.4) is 0 Å². The monoisotopic (exact) mass is 281 g/mol. The molecule has 1 unspecified atom stereocenters. The number of ether oxygens (including phenoxy) is 1. The molecule has 1 rings (SSSR count). The van der Waals surface area contributed by atoms with E-state index in [1.807, 2.05) is 0 Å². The van der Waals surface area contributed by atoms with Crippen LogP contribution in [0.1, 0.15) is 58.3 Å². The molecule has 1 saturated heterocycles. The van der Waals surface area contributed by atoms with Crippen molar-refractivity contribution in [3.63, 3.8) is 0 Å². The first-order valence-electron chi connectivity index (χ1n) is 7.80. The fraction of sp³-hybridized carbons (Fsp3) is 0.750. The number of hydrogen-bond acceptors (Lipinski definition) is 3. The predicted molar refractivity (Wildman–Crippen MR) is 79.3 cm³/mol. The van der Waals surface area contributed by atoms with E-state index in [0.717, 1.165) is 12.8 Å². The van der Waals surface area contributed by atoms with Crippen LogP contribution in [-0.2, 0) is 14.3 Å². The van der Waals surface area contributed by atoms with E-state index in [1.54, 1.807) is 0 Å². The molecule has 1 amide bonds. The average Bonchev–Trinajstić information content (AvgIpc) is 3.25. The summed E-state index contributed by atoms with van der Waals surface area (Å²) in [5.41, 5.74) is 0. The van der Waals surface area contributed by atoms with Crippen molar-refractivity contribution in [2.45, 2.75) is 64.3 Å². The van der Waals surface area contributed by atoms with E-state index in [2.05, 4.69) is 13.5 Å². The molecule has 4 nitrogen and oxygen atoms in total. The summed E-state index contributed by atoms with van der Waals surface area (Å²) in [4.78, 5) is 24.3. The van der Waals surface area contributed by atoms with E-state index < -0.39 is 0 Å². The summed E-state index contributed by atoms with van der Waals surface area (Å²) in [6, 6.07) is -0.366. The van der Waals surface area contributed by atoms with Gasteiger partial charge in [0.1, 0.15) is 6.04 Å². The molecule has 0 aromatic carbocycles. The molecule has 1 atom stereocenters. The Kier molecular flexibility index (Phi) is 8.00. The molecule has 1 heterocycles. The van der Waals surface area contributed by atoms with Crippen molar-refractivity contribution in [3.8, 4) is 0 Å². The van der Waals surface area contributed by atoms with Gasteiger partial charge in [-0.05, 0) is 12.5 Å². The van der Waals surface area contributed by atoms with Gasteiger partial charge in [-0.3, -0.25) is 4.79 Å². The van der Waals surface area contributed by atoms with Crippen LogP contribution in [-0.4, -0.2) is 36.0 Å². The molecule has 1 aliphatic heterocycles. The number of unbranched alkanes of at least 4 members (excludes halogenated alkanes) is 7. The molecule has 0 aliphatic carbocycles. The van der Waals surface area contributed by atoms with E-state index in [0.29, 0.717) is 13.2 Å². The van der Waals surface area contributed by atoms with Crippen LogP contribution in [0.15, 0.2) is 12.7 Å². The second-order valence-electron chi connectivity index (χ2n) is 5.35. The lowest BCUT2D eigenvalue weighted by atomic mass is 10.1. The van der Waals surface area contributed by atoms with Gasteiger partial charge in [0.05, 0.1) is 13.2 Å². The fourth-order valence-corrected chi connectivity index (χ4v) is 2.21. The van der Waals surface area contributed by atoms with Crippen molar-refractivity contribution in [2.24, 2.45) is 0 Å². The van der Waals surface area contributed by atoms with Gasteiger partial charge in [-0.15, -0.1) is 0 Å². The van der Waals surface area contributed by atoms with Gasteiger partial charge in [0.25, 0.3) is 0 Å². The van der Waals surface area contributed by atoms with E-state index in [4.69, 9.17) is 4.74 Å². The lowest BCUT2D eigenvalue weighted by molar-refractivity contribution is -0.145. The van der Waals surface area contributed by atoms with Gasteiger partial charge in [-0.1, -0.05) is 58.4 Å². The van der Waals surface area contributed by atoms with Crippen LogP contribution in [0.4, 0.5) is 0 Å². The van der Waals surface area contributed by atoms with Crippen LogP contribution < -0.4 is 0 Å². The molecule has 0 radical (unpaired) electrons. The Morgan fingerprint density at radius 2 is 1.75 bits per heavy atom. The minimum atomic E-state index is -0.366. The molecule has 0 saturated carbocycles. The molecule has 0 bridgehead atoms. The minimum absolute atomic E-state index is 0.195. The molecule has 0 aromatic heterocycles. The Bertz CT molecular complexity index is 328. The van der Waals surface area contributed by atoms with Gasteiger partial charge >= 0.3 is 5.97 Å². The highest BCUT2D eigenvalue weighted by molar-refractivity contribution is 5.95. The van der Waals surface area contributed by atoms with Crippen LogP contribution in [0.25, 0.3) is 0 Å². The molecule has 20 heavy (non-hydrogen) atoms. The SMILES string of the molecule is C=CC(=O)N1CC1C(=O)OCCCCCCCCCC. The highest BCUT2D eigenvalue weighted by atomic mass is 16.5. The zero-order chi connectivity index (χ0) is 14.8. The molecule has 114 valence electrons. The Morgan fingerprint density at radius 3 is 2.35 bits per heavy atom. The average molecular weight is 281 g/mol. The summed E-state index contributed by atoms with van der Waals surface area (Å²) in [5.74, 6) is -0.470. The number of esters is 1. The summed E-state index contributed by atoms with van der Waals surface area (Å²) >= 11 is 0. The fourth-order valence-electron chi connectivity index (χ4n) is 2.21. The van der Waals surface area contributed by atoms with Gasteiger partial charge in [0, 0.05) is 0 Å². The first kappa shape index (κ1) is 16.7. The molecule has 1 aliphatic rings. The Balaban J connectivity index is 1.91. The lowest BCUT2D eigenvalue weighted by Crippen LogP contribution is -2.19. The van der Waals surface area contributed by atoms with Gasteiger partial charge in [0.2, 0.25) is 5.91 Å². The predicted octanol–water partition coefficient (Wildman–Crippen LogP) is 3.07. The summed E-state index contributed by atoms with van der Waals surface area (Å²) < 4.78 is 5.17. The maximum atomic E-state index is 11.6. The second kappa shape index (κ2) is 9.56. The van der Waals surface area contributed by atoms with Gasteiger partial charge in [-0.25, -0.2) is 4.79 Å². The van der Waals surface area contributed by atoms with Crippen molar-refractivity contribution in [1.29, 1.82) is 0 Å². The largest absolute Gasteiger partial charge is 0.464 e. The summed E-state index contributed by atoms with van der Waals surface area (Å²) in [6.07, 6.45) is 11.0. The molecule has 0 spiro atoms. The van der Waals surface area contributed by atoms with Crippen LogP contribution in [0, 0.1) is 0 Å². The Labute approximate surface area is 122 Å². The first-order chi connectivity index (χ1) is 9.70. The normalized spacial score (nSPS) is 16.9. The number of rotatable bonds is 11. The van der Waals surface area contributed by atoms with E-state index >= 15 is 0 Å². The summed E-state index contributed by atoms with van der Waals surface area (Å²) in [6.45, 7) is 6.56. The molecule has 0 aromatic rings. The minimum Gasteiger partial charge on any atom is -0.464 e. The van der Waals surface area contributed by atoms with Crippen molar-refractivity contribution >= 4 is 11.9 Å². The van der Waals surface area contributed by atoms with Crippen LogP contribution in [0.5, 0.6) is 0 Å². The summed E-state index contributed by atoms with van der Waals surface area (Å²) in [7, 11) is 0. The molecule has 4 heteroatoms. The van der Waals surface area contributed by atoms with Crippen molar-refractivity contribution in [1.82, 2.24) is 4.90 Å². The highest BCUT2D eigenvalue weighted by Gasteiger charge is 2.44. The Morgan fingerprint density at radius 1 is 1.15 bits per heavy atom. The van der Waals surface area contributed by atoms with E-state index in [1.165, 1.54) is 49.5 Å². The number of carbonyl (C=O) groups is 2. The van der Waals surface area contributed by atoms with Crippen LogP contribution >= 0.6 is 0 Å². The number of carbonyl (C=O) groups excluding carboxylic acids is 2. The van der Waals surface area contributed by atoms with Crippen molar-refractivity contribution < 1.29 is 14.3 Å². The zero-order valence-electron chi connectivity index (χ0n) is 12.6.